The summed E-state index contributed by atoms with van der Waals surface area (Å²) in [6, 6.07) is 0. The summed E-state index contributed by atoms with van der Waals surface area (Å²) in [5, 5.41) is 9.40. The summed E-state index contributed by atoms with van der Waals surface area (Å²) in [6.07, 6.45) is -1.90. The zero-order chi connectivity index (χ0) is 13.1. The molecule has 3 aliphatic rings. The van der Waals surface area contributed by atoms with Gasteiger partial charge in [0.15, 0.2) is 17.9 Å². The SMILES string of the molecule is CC1(C)O[C@H]2O[C@H](CO)[C@H]3OC(C)(C)O[C@H]3[C@H]2O1. The molecule has 1 N–H and O–H groups in total. The van der Waals surface area contributed by atoms with Crippen LogP contribution in [0.15, 0.2) is 0 Å². The summed E-state index contributed by atoms with van der Waals surface area (Å²) < 4.78 is 28.9. The number of rotatable bonds is 1. The van der Waals surface area contributed by atoms with Gasteiger partial charge in [0, 0.05) is 0 Å². The van der Waals surface area contributed by atoms with E-state index < -0.39 is 24.0 Å². The summed E-state index contributed by atoms with van der Waals surface area (Å²) in [5.74, 6) is -1.41. The van der Waals surface area contributed by atoms with Gasteiger partial charge >= 0.3 is 0 Å². The number of aliphatic hydroxyl groups excluding tert-OH is 1. The monoisotopic (exact) mass is 260 g/mol. The Morgan fingerprint density at radius 2 is 1.39 bits per heavy atom. The Bertz CT molecular complexity index is 341. The Morgan fingerprint density at radius 3 is 2.06 bits per heavy atom. The maximum atomic E-state index is 9.40. The molecular formula is C12H20O6. The van der Waals surface area contributed by atoms with Gasteiger partial charge in [-0.2, -0.15) is 0 Å². The van der Waals surface area contributed by atoms with Gasteiger partial charge in [-0.25, -0.2) is 0 Å². The van der Waals surface area contributed by atoms with Crippen LogP contribution in [0.4, 0.5) is 0 Å². The maximum Gasteiger partial charge on any atom is 0.190 e. The highest BCUT2D eigenvalue weighted by Gasteiger charge is 2.60. The molecule has 0 aliphatic carbocycles. The smallest absolute Gasteiger partial charge is 0.190 e. The highest BCUT2D eigenvalue weighted by Crippen LogP contribution is 2.43. The summed E-state index contributed by atoms with van der Waals surface area (Å²) in [6.45, 7) is 7.22. The van der Waals surface area contributed by atoms with Crippen LogP contribution in [0.25, 0.3) is 0 Å². The number of ether oxygens (including phenoxy) is 5. The molecule has 3 aliphatic heterocycles. The minimum Gasteiger partial charge on any atom is -0.394 e. The molecule has 0 saturated carbocycles. The lowest BCUT2D eigenvalue weighted by molar-refractivity contribution is -0.240. The zero-order valence-corrected chi connectivity index (χ0v) is 11.1. The van der Waals surface area contributed by atoms with Crippen LogP contribution in [-0.4, -0.2) is 54.0 Å². The molecule has 104 valence electrons. The van der Waals surface area contributed by atoms with E-state index in [1.54, 1.807) is 0 Å². The molecule has 0 aromatic rings. The van der Waals surface area contributed by atoms with E-state index in [0.29, 0.717) is 0 Å². The Balaban J connectivity index is 1.86. The fourth-order valence-corrected chi connectivity index (χ4v) is 2.84. The van der Waals surface area contributed by atoms with Crippen molar-refractivity contribution in [2.24, 2.45) is 0 Å². The first-order valence-electron chi connectivity index (χ1n) is 6.29. The van der Waals surface area contributed by atoms with Crippen molar-refractivity contribution in [3.63, 3.8) is 0 Å². The maximum absolute atomic E-state index is 9.40. The lowest BCUT2D eigenvalue weighted by atomic mass is 9.99. The van der Waals surface area contributed by atoms with E-state index in [4.69, 9.17) is 23.7 Å². The number of fused-ring (bicyclic) bond motifs is 3. The Hall–Kier alpha value is -0.240. The lowest BCUT2D eigenvalue weighted by Crippen LogP contribution is -2.56. The molecule has 18 heavy (non-hydrogen) atoms. The lowest BCUT2D eigenvalue weighted by Gasteiger charge is -2.36. The van der Waals surface area contributed by atoms with E-state index in [0.717, 1.165) is 0 Å². The molecule has 0 aromatic carbocycles. The molecule has 3 saturated heterocycles. The predicted molar refractivity (Wildman–Crippen MR) is 59.6 cm³/mol. The average molecular weight is 260 g/mol. The first kappa shape index (κ1) is 12.8. The van der Waals surface area contributed by atoms with Gasteiger partial charge in [0.05, 0.1) is 6.61 Å². The molecular weight excluding hydrogens is 240 g/mol. The molecule has 0 bridgehead atoms. The molecule has 0 radical (unpaired) electrons. The molecule has 6 nitrogen and oxygen atoms in total. The molecule has 6 heteroatoms. The van der Waals surface area contributed by atoms with E-state index in [1.807, 2.05) is 27.7 Å². The molecule has 3 heterocycles. The number of hydrogen-bond donors (Lipinski definition) is 1. The summed E-state index contributed by atoms with van der Waals surface area (Å²) >= 11 is 0. The van der Waals surface area contributed by atoms with Gasteiger partial charge in [0.25, 0.3) is 0 Å². The van der Waals surface area contributed by atoms with E-state index in [1.165, 1.54) is 0 Å². The van der Waals surface area contributed by atoms with Crippen LogP contribution in [0.5, 0.6) is 0 Å². The Labute approximate surface area is 106 Å². The minimum atomic E-state index is -0.708. The van der Waals surface area contributed by atoms with E-state index in [2.05, 4.69) is 0 Å². The topological polar surface area (TPSA) is 66.4 Å². The van der Waals surface area contributed by atoms with Crippen LogP contribution in [0.2, 0.25) is 0 Å². The summed E-state index contributed by atoms with van der Waals surface area (Å²) in [4.78, 5) is 0. The molecule has 0 unspecified atom stereocenters. The summed E-state index contributed by atoms with van der Waals surface area (Å²) in [5.41, 5.74) is 0. The third kappa shape index (κ3) is 1.97. The van der Waals surface area contributed by atoms with E-state index in [-0.39, 0.29) is 24.9 Å². The van der Waals surface area contributed by atoms with Crippen LogP contribution in [0, 0.1) is 0 Å². The van der Waals surface area contributed by atoms with Crippen molar-refractivity contribution in [1.82, 2.24) is 0 Å². The molecule has 0 aromatic heterocycles. The Morgan fingerprint density at radius 1 is 0.833 bits per heavy atom. The van der Waals surface area contributed by atoms with Gasteiger partial charge in [-0.05, 0) is 27.7 Å². The third-order valence-electron chi connectivity index (χ3n) is 3.43. The molecule has 0 amide bonds. The van der Waals surface area contributed by atoms with Crippen molar-refractivity contribution in [2.45, 2.75) is 70.0 Å². The second-order valence-electron chi connectivity index (χ2n) is 5.89. The Kier molecular flexibility index (Phi) is 2.75. The third-order valence-corrected chi connectivity index (χ3v) is 3.43. The van der Waals surface area contributed by atoms with Crippen LogP contribution in [0.3, 0.4) is 0 Å². The quantitative estimate of drug-likeness (QED) is 0.735. The minimum absolute atomic E-state index is 0.131. The first-order valence-corrected chi connectivity index (χ1v) is 6.29. The van der Waals surface area contributed by atoms with E-state index in [9.17, 15) is 5.11 Å². The average Bonchev–Trinajstić information content (AvgIpc) is 2.71. The van der Waals surface area contributed by atoms with Crippen LogP contribution < -0.4 is 0 Å². The van der Waals surface area contributed by atoms with Crippen molar-refractivity contribution < 1.29 is 28.8 Å². The standard InChI is InChI=1S/C12H20O6/c1-11(2)15-7-6(5-13)14-10-9(8(7)16-11)17-12(3,4)18-10/h6-10,13H,5H2,1-4H3/t6-,7-,8-,9-,10-/m1/s1. The largest absolute Gasteiger partial charge is 0.394 e. The van der Waals surface area contributed by atoms with Crippen LogP contribution in [-0.2, 0) is 23.7 Å². The van der Waals surface area contributed by atoms with Crippen LogP contribution in [0.1, 0.15) is 27.7 Å². The summed E-state index contributed by atoms with van der Waals surface area (Å²) in [7, 11) is 0. The molecule has 0 spiro atoms. The number of aliphatic hydroxyl groups is 1. The van der Waals surface area contributed by atoms with Crippen LogP contribution >= 0.6 is 0 Å². The molecule has 3 fully saturated rings. The van der Waals surface area contributed by atoms with Crippen molar-refractivity contribution in [3.05, 3.63) is 0 Å². The van der Waals surface area contributed by atoms with Gasteiger partial charge in [-0.3, -0.25) is 0 Å². The second-order valence-corrected chi connectivity index (χ2v) is 5.89. The van der Waals surface area contributed by atoms with Gasteiger partial charge in [-0.15, -0.1) is 0 Å². The fraction of sp³-hybridized carbons (Fsp3) is 1.00. The highest BCUT2D eigenvalue weighted by atomic mass is 16.9. The van der Waals surface area contributed by atoms with Crippen molar-refractivity contribution in [1.29, 1.82) is 0 Å². The highest BCUT2D eigenvalue weighted by molar-refractivity contribution is 4.99. The second kappa shape index (κ2) is 3.88. The van der Waals surface area contributed by atoms with E-state index >= 15 is 0 Å². The van der Waals surface area contributed by atoms with Gasteiger partial charge in [0.2, 0.25) is 0 Å². The van der Waals surface area contributed by atoms with Crippen molar-refractivity contribution in [3.8, 4) is 0 Å². The molecule has 5 atom stereocenters. The van der Waals surface area contributed by atoms with Crippen molar-refractivity contribution >= 4 is 0 Å². The first-order chi connectivity index (χ1) is 8.31. The van der Waals surface area contributed by atoms with Crippen molar-refractivity contribution in [2.75, 3.05) is 6.61 Å². The van der Waals surface area contributed by atoms with Gasteiger partial charge in [-0.1, -0.05) is 0 Å². The molecule has 3 rings (SSSR count). The van der Waals surface area contributed by atoms with Gasteiger partial charge < -0.3 is 28.8 Å². The number of hydrogen-bond acceptors (Lipinski definition) is 6. The van der Waals surface area contributed by atoms with Gasteiger partial charge in [0.1, 0.15) is 24.4 Å². The normalized spacial score (nSPS) is 48.8. The predicted octanol–water partition coefficient (Wildman–Crippen LogP) is 0.375. The fourth-order valence-electron chi connectivity index (χ4n) is 2.84. The zero-order valence-electron chi connectivity index (χ0n) is 11.1.